The minimum Gasteiger partial charge on any atom is -0.493 e. The number of rotatable bonds is 4. The van der Waals surface area contributed by atoms with Crippen LogP contribution in [-0.4, -0.2) is 32.5 Å². The highest BCUT2D eigenvalue weighted by molar-refractivity contribution is 7.91. The van der Waals surface area contributed by atoms with Crippen LogP contribution in [0.25, 0.3) is 0 Å². The van der Waals surface area contributed by atoms with Crippen molar-refractivity contribution in [3.63, 3.8) is 0 Å². The van der Waals surface area contributed by atoms with E-state index in [1.54, 1.807) is 18.2 Å². The molecule has 0 fully saturated rings. The lowest BCUT2D eigenvalue weighted by Gasteiger charge is -2.05. The summed E-state index contributed by atoms with van der Waals surface area (Å²) in [5.41, 5.74) is 0.949. The smallest absolute Gasteiger partial charge is 0.178 e. The van der Waals surface area contributed by atoms with Gasteiger partial charge < -0.3 is 9.84 Å². The molecule has 0 spiro atoms. The Bertz CT molecular complexity index is 479. The van der Waals surface area contributed by atoms with Crippen LogP contribution in [0.3, 0.4) is 0 Å². The molecule has 0 radical (unpaired) electrons. The monoisotopic (exact) mass is 242 g/mol. The third-order valence-corrected chi connectivity index (χ3v) is 4.39. The molecule has 0 amide bonds. The van der Waals surface area contributed by atoms with Gasteiger partial charge in [0, 0.05) is 13.0 Å². The minimum atomic E-state index is -3.26. The molecule has 1 aliphatic rings. The molecule has 0 saturated carbocycles. The lowest BCUT2D eigenvalue weighted by atomic mass is 10.2. The second-order valence-electron chi connectivity index (χ2n) is 3.76. The highest BCUT2D eigenvalue weighted by atomic mass is 32.2. The summed E-state index contributed by atoms with van der Waals surface area (Å²) >= 11 is 0. The summed E-state index contributed by atoms with van der Waals surface area (Å²) in [6.45, 7) is 0.517. The fourth-order valence-electron chi connectivity index (χ4n) is 1.73. The third kappa shape index (κ3) is 2.20. The Kier molecular flexibility index (Phi) is 3.16. The van der Waals surface area contributed by atoms with Crippen molar-refractivity contribution in [3.8, 4) is 5.75 Å². The lowest BCUT2D eigenvalue weighted by Crippen LogP contribution is -2.08. The van der Waals surface area contributed by atoms with Gasteiger partial charge in [-0.3, -0.25) is 0 Å². The molecule has 0 aliphatic carbocycles. The SMILES string of the molecule is O=S(=O)(CCCO)c1ccc2c(c1)CCO2. The Morgan fingerprint density at radius 2 is 2.19 bits per heavy atom. The summed E-state index contributed by atoms with van der Waals surface area (Å²) in [7, 11) is -3.26. The Hall–Kier alpha value is -1.07. The number of hydrogen-bond donors (Lipinski definition) is 1. The van der Waals surface area contributed by atoms with Crippen LogP contribution in [0.4, 0.5) is 0 Å². The van der Waals surface area contributed by atoms with E-state index in [-0.39, 0.29) is 18.8 Å². The maximum Gasteiger partial charge on any atom is 0.178 e. The van der Waals surface area contributed by atoms with Crippen LogP contribution in [0.5, 0.6) is 5.75 Å². The number of sulfone groups is 1. The van der Waals surface area contributed by atoms with Gasteiger partial charge in [-0.25, -0.2) is 8.42 Å². The van der Waals surface area contributed by atoms with E-state index >= 15 is 0 Å². The zero-order chi connectivity index (χ0) is 11.6. The Morgan fingerprint density at radius 1 is 1.38 bits per heavy atom. The van der Waals surface area contributed by atoms with Gasteiger partial charge in [0.15, 0.2) is 9.84 Å². The first-order valence-electron chi connectivity index (χ1n) is 5.23. The van der Waals surface area contributed by atoms with E-state index in [2.05, 4.69) is 0 Å². The molecule has 0 aromatic heterocycles. The average molecular weight is 242 g/mol. The first kappa shape index (κ1) is 11.4. The van der Waals surface area contributed by atoms with Crippen LogP contribution in [0, 0.1) is 0 Å². The van der Waals surface area contributed by atoms with E-state index < -0.39 is 9.84 Å². The van der Waals surface area contributed by atoms with Gasteiger partial charge in [0.05, 0.1) is 17.3 Å². The summed E-state index contributed by atoms with van der Waals surface area (Å²) in [6.07, 6.45) is 1.04. The Labute approximate surface area is 94.8 Å². The molecule has 1 aromatic rings. The average Bonchev–Trinajstić information content (AvgIpc) is 2.73. The summed E-state index contributed by atoms with van der Waals surface area (Å²) in [5, 5.41) is 8.65. The first-order valence-corrected chi connectivity index (χ1v) is 6.88. The van der Waals surface area contributed by atoms with Crippen LogP contribution >= 0.6 is 0 Å². The molecule has 1 heterocycles. The van der Waals surface area contributed by atoms with Crippen molar-refractivity contribution in [1.29, 1.82) is 0 Å². The first-order chi connectivity index (χ1) is 7.63. The maximum atomic E-state index is 11.8. The summed E-state index contributed by atoms with van der Waals surface area (Å²) in [4.78, 5) is 0.324. The number of aliphatic hydroxyl groups is 1. The predicted molar refractivity (Wildman–Crippen MR) is 59.4 cm³/mol. The molecule has 0 saturated heterocycles. The Balaban J connectivity index is 2.27. The number of ether oxygens (including phenoxy) is 1. The van der Waals surface area contributed by atoms with Crippen LogP contribution < -0.4 is 4.74 Å². The van der Waals surface area contributed by atoms with Gasteiger partial charge in [0.2, 0.25) is 0 Å². The molecule has 0 unspecified atom stereocenters. The summed E-state index contributed by atoms with van der Waals surface area (Å²) in [6, 6.07) is 4.94. The van der Waals surface area contributed by atoms with Crippen molar-refractivity contribution in [2.75, 3.05) is 19.0 Å². The van der Waals surface area contributed by atoms with Gasteiger partial charge in [-0.2, -0.15) is 0 Å². The van der Waals surface area contributed by atoms with E-state index in [0.29, 0.717) is 11.5 Å². The topological polar surface area (TPSA) is 63.6 Å². The summed E-state index contributed by atoms with van der Waals surface area (Å²) in [5.74, 6) is 0.768. The fraction of sp³-hybridized carbons (Fsp3) is 0.455. The van der Waals surface area contributed by atoms with E-state index in [1.807, 2.05) is 0 Å². The molecule has 16 heavy (non-hydrogen) atoms. The largest absolute Gasteiger partial charge is 0.493 e. The number of aliphatic hydroxyl groups excluding tert-OH is 1. The highest BCUT2D eigenvalue weighted by Crippen LogP contribution is 2.28. The van der Waals surface area contributed by atoms with Crippen molar-refractivity contribution >= 4 is 9.84 Å². The van der Waals surface area contributed by atoms with Crippen LogP contribution in [0.1, 0.15) is 12.0 Å². The van der Waals surface area contributed by atoms with Crippen molar-refractivity contribution < 1.29 is 18.3 Å². The molecule has 0 atom stereocenters. The normalized spacial score (nSPS) is 14.6. The van der Waals surface area contributed by atoms with E-state index in [1.165, 1.54) is 0 Å². The van der Waals surface area contributed by atoms with Crippen LogP contribution in [0.2, 0.25) is 0 Å². The van der Waals surface area contributed by atoms with Gasteiger partial charge in [-0.05, 0) is 30.2 Å². The van der Waals surface area contributed by atoms with E-state index in [0.717, 1.165) is 17.7 Å². The van der Waals surface area contributed by atoms with Gasteiger partial charge in [0.1, 0.15) is 5.75 Å². The number of hydrogen-bond acceptors (Lipinski definition) is 4. The third-order valence-electron chi connectivity index (χ3n) is 2.59. The van der Waals surface area contributed by atoms with Gasteiger partial charge in [0.25, 0.3) is 0 Å². The van der Waals surface area contributed by atoms with Crippen molar-refractivity contribution in [2.24, 2.45) is 0 Å². The Morgan fingerprint density at radius 3 is 2.94 bits per heavy atom. The number of fused-ring (bicyclic) bond motifs is 1. The second kappa shape index (κ2) is 4.43. The molecule has 88 valence electrons. The van der Waals surface area contributed by atoms with Crippen LogP contribution in [-0.2, 0) is 16.3 Å². The molecule has 1 aromatic carbocycles. The molecular weight excluding hydrogens is 228 g/mol. The predicted octanol–water partition coefficient (Wildman–Crippen LogP) is 0.778. The van der Waals surface area contributed by atoms with Crippen molar-refractivity contribution in [1.82, 2.24) is 0 Å². The standard InChI is InChI=1S/C11H14O4S/c12-5-1-7-16(13,14)10-2-3-11-9(8-10)4-6-15-11/h2-3,8,12H,1,4-7H2. The molecule has 0 bridgehead atoms. The molecule has 1 N–H and O–H groups in total. The molecular formula is C11H14O4S. The van der Waals surface area contributed by atoms with Gasteiger partial charge in [-0.15, -0.1) is 0 Å². The van der Waals surface area contributed by atoms with Crippen LogP contribution in [0.15, 0.2) is 23.1 Å². The summed E-state index contributed by atoms with van der Waals surface area (Å²) < 4.78 is 29.0. The zero-order valence-corrected chi connectivity index (χ0v) is 9.66. The molecule has 5 heteroatoms. The van der Waals surface area contributed by atoms with Gasteiger partial charge >= 0.3 is 0 Å². The lowest BCUT2D eigenvalue weighted by molar-refractivity contribution is 0.295. The second-order valence-corrected chi connectivity index (χ2v) is 5.87. The van der Waals surface area contributed by atoms with E-state index in [4.69, 9.17) is 9.84 Å². The molecule has 1 aliphatic heterocycles. The van der Waals surface area contributed by atoms with Gasteiger partial charge in [-0.1, -0.05) is 0 Å². The zero-order valence-electron chi connectivity index (χ0n) is 8.85. The van der Waals surface area contributed by atoms with Crippen molar-refractivity contribution in [2.45, 2.75) is 17.7 Å². The van der Waals surface area contributed by atoms with Crippen molar-refractivity contribution in [3.05, 3.63) is 23.8 Å². The van der Waals surface area contributed by atoms with E-state index in [9.17, 15) is 8.42 Å². The minimum absolute atomic E-state index is 0.0108. The molecule has 2 rings (SSSR count). The highest BCUT2D eigenvalue weighted by Gasteiger charge is 2.18. The number of benzene rings is 1. The quantitative estimate of drug-likeness (QED) is 0.847. The maximum absolute atomic E-state index is 11.8. The fourth-order valence-corrected chi connectivity index (χ4v) is 3.07. The molecule has 4 nitrogen and oxygen atoms in total.